The number of alkyl carbamates (subject to hydrolysis) is 1. The lowest BCUT2D eigenvalue weighted by Gasteiger charge is -2.25. The van der Waals surface area contributed by atoms with Crippen LogP contribution in [-0.2, 0) is 30.4 Å². The fraction of sp³-hybridized carbons (Fsp3) is 0.348. The Morgan fingerprint density at radius 3 is 1.94 bits per heavy atom. The van der Waals surface area contributed by atoms with E-state index in [1.807, 2.05) is 30.3 Å². The number of carbonyl (C=O) groups is 3. The summed E-state index contributed by atoms with van der Waals surface area (Å²) in [6.07, 6.45) is -0.789. The monoisotopic (exact) mass is 429 g/mol. The van der Waals surface area contributed by atoms with E-state index in [0.29, 0.717) is 11.3 Å². The Morgan fingerprint density at radius 2 is 1.42 bits per heavy atom. The van der Waals surface area contributed by atoms with Crippen molar-refractivity contribution in [3.63, 3.8) is 0 Å². The maximum atomic E-state index is 12.6. The van der Waals surface area contributed by atoms with Gasteiger partial charge in [0.05, 0.1) is 26.4 Å². The van der Waals surface area contributed by atoms with Crippen LogP contribution >= 0.6 is 0 Å². The molecule has 0 aliphatic carbocycles. The summed E-state index contributed by atoms with van der Waals surface area (Å²) in [4.78, 5) is 37.8. The smallest absolute Gasteiger partial charge is 0.407 e. The molecule has 8 nitrogen and oxygen atoms in total. The highest BCUT2D eigenvalue weighted by Crippen LogP contribution is 2.27. The minimum absolute atomic E-state index is 0.0332. The van der Waals surface area contributed by atoms with Crippen molar-refractivity contribution in [3.05, 3.63) is 65.7 Å². The quantitative estimate of drug-likeness (QED) is 0.351. The summed E-state index contributed by atoms with van der Waals surface area (Å²) in [5, 5.41) is 2.62. The maximum absolute atomic E-state index is 12.6. The third kappa shape index (κ3) is 7.02. The van der Waals surface area contributed by atoms with Crippen LogP contribution in [0.3, 0.4) is 0 Å². The van der Waals surface area contributed by atoms with Gasteiger partial charge < -0.3 is 24.3 Å². The van der Waals surface area contributed by atoms with Crippen LogP contribution in [0.2, 0.25) is 0 Å². The summed E-state index contributed by atoms with van der Waals surface area (Å²) >= 11 is 0. The Kier molecular flexibility index (Phi) is 9.35. The Balaban J connectivity index is 2.29. The Morgan fingerprint density at radius 1 is 0.839 bits per heavy atom. The van der Waals surface area contributed by atoms with Gasteiger partial charge in [-0.15, -0.1) is 0 Å². The van der Waals surface area contributed by atoms with E-state index >= 15 is 0 Å². The van der Waals surface area contributed by atoms with Gasteiger partial charge in [-0.2, -0.15) is 0 Å². The molecule has 0 saturated carbocycles. The Labute approximate surface area is 181 Å². The van der Waals surface area contributed by atoms with Crippen molar-refractivity contribution >= 4 is 18.0 Å². The van der Waals surface area contributed by atoms with Crippen LogP contribution in [0.5, 0.6) is 5.75 Å². The summed E-state index contributed by atoms with van der Waals surface area (Å²) in [7, 11) is 1.52. The standard InChI is InChI=1S/C23H27NO7/c1-4-29-21(25)19(22(26)30-5-2)20(17-11-13-18(28-3)14-12-17)24-23(27)31-15-16-9-7-6-8-10-16/h6-14,19-20H,4-5,15H2,1-3H3,(H,24,27). The molecular formula is C23H27NO7. The second-order valence-electron chi connectivity index (χ2n) is 6.44. The molecule has 2 aromatic rings. The molecule has 1 amide bonds. The molecule has 0 spiro atoms. The van der Waals surface area contributed by atoms with Gasteiger partial charge in [0.15, 0.2) is 5.92 Å². The van der Waals surface area contributed by atoms with Gasteiger partial charge >= 0.3 is 18.0 Å². The van der Waals surface area contributed by atoms with E-state index in [2.05, 4.69) is 5.32 Å². The van der Waals surface area contributed by atoms with Crippen molar-refractivity contribution in [1.29, 1.82) is 0 Å². The zero-order chi connectivity index (χ0) is 22.6. The number of nitrogens with one attached hydrogen (secondary N) is 1. The van der Waals surface area contributed by atoms with Crippen LogP contribution in [0, 0.1) is 5.92 Å². The molecule has 1 unspecified atom stereocenters. The van der Waals surface area contributed by atoms with Gasteiger partial charge in [0.25, 0.3) is 0 Å². The van der Waals surface area contributed by atoms with Gasteiger partial charge in [0, 0.05) is 0 Å². The van der Waals surface area contributed by atoms with Gasteiger partial charge in [0.1, 0.15) is 12.4 Å². The molecule has 0 aliphatic heterocycles. The van der Waals surface area contributed by atoms with E-state index in [1.165, 1.54) is 7.11 Å². The molecule has 0 aromatic heterocycles. The molecule has 0 bridgehead atoms. The SMILES string of the molecule is CCOC(=O)C(C(=O)OCC)C(NC(=O)OCc1ccccc1)c1ccc(OC)cc1. The highest BCUT2D eigenvalue weighted by Gasteiger charge is 2.40. The molecule has 2 rings (SSSR count). The van der Waals surface area contributed by atoms with Crippen LogP contribution < -0.4 is 10.1 Å². The van der Waals surface area contributed by atoms with Gasteiger partial charge in [-0.1, -0.05) is 42.5 Å². The van der Waals surface area contributed by atoms with Gasteiger partial charge in [-0.25, -0.2) is 4.79 Å². The zero-order valence-electron chi connectivity index (χ0n) is 17.8. The highest BCUT2D eigenvalue weighted by atomic mass is 16.6. The minimum Gasteiger partial charge on any atom is -0.497 e. The van der Waals surface area contributed by atoms with E-state index in [0.717, 1.165) is 5.56 Å². The van der Waals surface area contributed by atoms with E-state index in [4.69, 9.17) is 18.9 Å². The van der Waals surface area contributed by atoms with Gasteiger partial charge in [0.2, 0.25) is 0 Å². The third-order valence-corrected chi connectivity index (χ3v) is 4.38. The number of amides is 1. The summed E-state index contributed by atoms with van der Waals surface area (Å²) in [6, 6.07) is 14.7. The van der Waals surface area contributed by atoms with Crippen LogP contribution in [0.25, 0.3) is 0 Å². The van der Waals surface area contributed by atoms with Crippen molar-refractivity contribution in [3.8, 4) is 5.75 Å². The van der Waals surface area contributed by atoms with Gasteiger partial charge in [-0.05, 0) is 37.1 Å². The number of methoxy groups -OCH3 is 1. The molecule has 0 heterocycles. The molecule has 1 atom stereocenters. The van der Waals surface area contributed by atoms with E-state index in [9.17, 15) is 14.4 Å². The van der Waals surface area contributed by atoms with Crippen molar-refractivity contribution in [1.82, 2.24) is 5.32 Å². The minimum atomic E-state index is -1.41. The first-order chi connectivity index (χ1) is 15.0. The fourth-order valence-electron chi connectivity index (χ4n) is 2.89. The first-order valence-corrected chi connectivity index (χ1v) is 9.94. The summed E-state index contributed by atoms with van der Waals surface area (Å²) in [6.45, 7) is 3.44. The third-order valence-electron chi connectivity index (χ3n) is 4.38. The van der Waals surface area contributed by atoms with Crippen molar-refractivity contribution in [2.24, 2.45) is 5.92 Å². The second kappa shape index (κ2) is 12.2. The summed E-state index contributed by atoms with van der Waals surface area (Å²) in [5.41, 5.74) is 1.29. The first kappa shape index (κ1) is 23.7. The Bertz CT molecular complexity index is 834. The average molecular weight is 429 g/mol. The predicted molar refractivity (Wildman–Crippen MR) is 112 cm³/mol. The molecule has 166 valence electrons. The number of carbonyl (C=O) groups excluding carboxylic acids is 3. The van der Waals surface area contributed by atoms with E-state index in [-0.39, 0.29) is 19.8 Å². The molecule has 0 saturated heterocycles. The lowest BCUT2D eigenvalue weighted by molar-refractivity contribution is -0.163. The number of ether oxygens (including phenoxy) is 4. The van der Waals surface area contributed by atoms with Crippen molar-refractivity contribution < 1.29 is 33.3 Å². The molecular weight excluding hydrogens is 402 g/mol. The van der Waals surface area contributed by atoms with E-state index < -0.39 is 30.0 Å². The first-order valence-electron chi connectivity index (χ1n) is 9.94. The van der Waals surface area contributed by atoms with Crippen molar-refractivity contribution in [2.45, 2.75) is 26.5 Å². The zero-order valence-corrected chi connectivity index (χ0v) is 17.8. The molecule has 0 radical (unpaired) electrons. The topological polar surface area (TPSA) is 100 Å². The molecule has 2 aromatic carbocycles. The lowest BCUT2D eigenvalue weighted by atomic mass is 9.92. The van der Waals surface area contributed by atoms with Crippen LogP contribution in [0.15, 0.2) is 54.6 Å². The molecule has 1 N–H and O–H groups in total. The van der Waals surface area contributed by atoms with E-state index in [1.54, 1.807) is 38.1 Å². The van der Waals surface area contributed by atoms with Crippen LogP contribution in [0.4, 0.5) is 4.79 Å². The predicted octanol–water partition coefficient (Wildman–Crippen LogP) is 3.41. The van der Waals surface area contributed by atoms with Crippen LogP contribution in [0.1, 0.15) is 31.0 Å². The molecule has 8 heteroatoms. The largest absolute Gasteiger partial charge is 0.497 e. The fourth-order valence-corrected chi connectivity index (χ4v) is 2.89. The molecule has 31 heavy (non-hydrogen) atoms. The number of esters is 2. The molecule has 0 aliphatic rings. The number of benzene rings is 2. The molecule has 0 fully saturated rings. The normalized spacial score (nSPS) is 11.4. The summed E-state index contributed by atoms with van der Waals surface area (Å²) in [5.74, 6) is -2.43. The number of hydrogen-bond acceptors (Lipinski definition) is 7. The second-order valence-corrected chi connectivity index (χ2v) is 6.44. The van der Waals surface area contributed by atoms with Crippen LogP contribution in [-0.4, -0.2) is 38.4 Å². The average Bonchev–Trinajstić information content (AvgIpc) is 2.78. The number of rotatable bonds is 10. The maximum Gasteiger partial charge on any atom is 0.407 e. The Hall–Kier alpha value is -3.55. The highest BCUT2D eigenvalue weighted by molar-refractivity contribution is 5.96. The lowest BCUT2D eigenvalue weighted by Crippen LogP contribution is -2.42. The van der Waals surface area contributed by atoms with Crippen molar-refractivity contribution in [2.75, 3.05) is 20.3 Å². The number of hydrogen-bond donors (Lipinski definition) is 1. The summed E-state index contributed by atoms with van der Waals surface area (Å²) < 4.78 is 20.6. The van der Waals surface area contributed by atoms with Gasteiger partial charge in [-0.3, -0.25) is 9.59 Å².